The van der Waals surface area contributed by atoms with Crippen molar-refractivity contribution in [3.8, 4) is 22.7 Å². The van der Waals surface area contributed by atoms with Crippen LogP contribution in [0.15, 0.2) is 53.4 Å². The fourth-order valence-electron chi connectivity index (χ4n) is 1.66. The van der Waals surface area contributed by atoms with Crippen molar-refractivity contribution >= 4 is 0 Å². The highest BCUT2D eigenvalue weighted by atomic mass is 16.5. The van der Waals surface area contributed by atoms with Gasteiger partial charge in [-0.15, -0.1) is 0 Å². The lowest BCUT2D eigenvalue weighted by atomic mass is 10.2. The second kappa shape index (κ2) is 4.41. The first kappa shape index (κ1) is 10.7. The summed E-state index contributed by atoms with van der Waals surface area (Å²) in [7, 11) is 0. The Morgan fingerprint density at radius 1 is 1.06 bits per heavy atom. The topological polar surface area (TPSA) is 51.8 Å². The van der Waals surface area contributed by atoms with Gasteiger partial charge in [0.1, 0.15) is 11.4 Å². The van der Waals surface area contributed by atoms with Gasteiger partial charge in [0.15, 0.2) is 5.76 Å². The van der Waals surface area contributed by atoms with Crippen LogP contribution in [0, 0.1) is 6.92 Å². The molecule has 0 fully saturated rings. The quantitative estimate of drug-likeness (QED) is 0.687. The largest absolute Gasteiger partial charge is 0.354 e. The average molecular weight is 237 g/mol. The highest BCUT2D eigenvalue weighted by Gasteiger charge is 2.09. The van der Waals surface area contributed by atoms with Gasteiger partial charge < -0.3 is 4.52 Å². The molecule has 88 valence electrons. The predicted molar refractivity (Wildman–Crippen MR) is 67.7 cm³/mol. The van der Waals surface area contributed by atoms with E-state index in [-0.39, 0.29) is 0 Å². The summed E-state index contributed by atoms with van der Waals surface area (Å²) in [6.45, 7) is 2.00. The zero-order chi connectivity index (χ0) is 12.4. The number of aromatic nitrogens is 3. The van der Waals surface area contributed by atoms with Crippen molar-refractivity contribution in [3.05, 3.63) is 54.5 Å². The Morgan fingerprint density at radius 2 is 2.00 bits per heavy atom. The Kier molecular flexibility index (Phi) is 2.61. The van der Waals surface area contributed by atoms with Gasteiger partial charge in [0.05, 0.1) is 0 Å². The SMILES string of the molecule is Cc1ccc(-c2cc(-c3cccnc3)no2)nc1. The third-order valence-electron chi connectivity index (χ3n) is 2.63. The van der Waals surface area contributed by atoms with E-state index in [1.54, 1.807) is 12.4 Å². The minimum Gasteiger partial charge on any atom is -0.354 e. The van der Waals surface area contributed by atoms with E-state index in [1.807, 2.05) is 43.5 Å². The number of aryl methyl sites for hydroxylation is 1. The highest BCUT2D eigenvalue weighted by molar-refractivity contribution is 5.64. The van der Waals surface area contributed by atoms with Crippen LogP contribution in [0.25, 0.3) is 22.7 Å². The molecule has 4 nitrogen and oxygen atoms in total. The summed E-state index contributed by atoms with van der Waals surface area (Å²) in [5, 5.41) is 4.03. The van der Waals surface area contributed by atoms with Crippen LogP contribution >= 0.6 is 0 Å². The fraction of sp³-hybridized carbons (Fsp3) is 0.0714. The maximum Gasteiger partial charge on any atom is 0.185 e. The summed E-state index contributed by atoms with van der Waals surface area (Å²) in [5.74, 6) is 0.661. The van der Waals surface area contributed by atoms with E-state index in [0.29, 0.717) is 5.76 Å². The van der Waals surface area contributed by atoms with Gasteiger partial charge >= 0.3 is 0 Å². The molecule has 3 rings (SSSR count). The minimum absolute atomic E-state index is 0.661. The van der Waals surface area contributed by atoms with E-state index < -0.39 is 0 Å². The van der Waals surface area contributed by atoms with Gasteiger partial charge in [-0.05, 0) is 30.7 Å². The van der Waals surface area contributed by atoms with E-state index in [2.05, 4.69) is 15.1 Å². The summed E-state index contributed by atoms with van der Waals surface area (Å²) in [6.07, 6.45) is 5.29. The van der Waals surface area contributed by atoms with Gasteiger partial charge in [0, 0.05) is 30.2 Å². The zero-order valence-corrected chi connectivity index (χ0v) is 9.87. The molecular weight excluding hydrogens is 226 g/mol. The van der Waals surface area contributed by atoms with Crippen molar-refractivity contribution in [2.24, 2.45) is 0 Å². The van der Waals surface area contributed by atoms with Gasteiger partial charge in [-0.25, -0.2) is 0 Å². The minimum atomic E-state index is 0.661. The molecule has 3 aromatic heterocycles. The summed E-state index contributed by atoms with van der Waals surface area (Å²) in [5.41, 5.74) is 3.59. The first-order valence-corrected chi connectivity index (χ1v) is 5.63. The second-order valence-electron chi connectivity index (χ2n) is 4.04. The van der Waals surface area contributed by atoms with Crippen molar-refractivity contribution in [3.63, 3.8) is 0 Å². The molecule has 0 radical (unpaired) electrons. The third kappa shape index (κ3) is 2.00. The summed E-state index contributed by atoms with van der Waals surface area (Å²) < 4.78 is 5.30. The smallest absolute Gasteiger partial charge is 0.185 e. The molecule has 0 N–H and O–H groups in total. The average Bonchev–Trinajstić information content (AvgIpc) is 2.90. The molecule has 0 saturated heterocycles. The molecule has 0 bridgehead atoms. The van der Waals surface area contributed by atoms with Crippen LogP contribution in [0.4, 0.5) is 0 Å². The molecule has 0 saturated carbocycles. The number of rotatable bonds is 2. The molecular formula is C14H11N3O. The maximum absolute atomic E-state index is 5.30. The van der Waals surface area contributed by atoms with Gasteiger partial charge in [-0.3, -0.25) is 9.97 Å². The van der Waals surface area contributed by atoms with Crippen molar-refractivity contribution in [2.75, 3.05) is 0 Å². The molecule has 0 aliphatic carbocycles. The Hall–Kier alpha value is -2.49. The molecule has 3 aromatic rings. The lowest BCUT2D eigenvalue weighted by molar-refractivity contribution is 0.433. The van der Waals surface area contributed by atoms with Crippen LogP contribution in [-0.4, -0.2) is 15.1 Å². The Bertz CT molecular complexity index is 644. The van der Waals surface area contributed by atoms with Crippen molar-refractivity contribution < 1.29 is 4.52 Å². The predicted octanol–water partition coefficient (Wildman–Crippen LogP) is 3.11. The lowest BCUT2D eigenvalue weighted by Gasteiger charge is -1.94. The number of hydrogen-bond acceptors (Lipinski definition) is 4. The van der Waals surface area contributed by atoms with Crippen molar-refractivity contribution in [1.82, 2.24) is 15.1 Å². The summed E-state index contributed by atoms with van der Waals surface area (Å²) >= 11 is 0. The molecule has 0 atom stereocenters. The van der Waals surface area contributed by atoms with Crippen molar-refractivity contribution in [2.45, 2.75) is 6.92 Å². The van der Waals surface area contributed by atoms with E-state index in [4.69, 9.17) is 4.52 Å². The standard InChI is InChI=1S/C14H11N3O/c1-10-4-5-12(16-8-10)14-7-13(17-18-14)11-3-2-6-15-9-11/h2-9H,1H3. The first-order chi connectivity index (χ1) is 8.83. The molecule has 0 amide bonds. The van der Waals surface area contributed by atoms with Crippen LogP contribution in [0.3, 0.4) is 0 Å². The molecule has 0 aliphatic rings. The zero-order valence-electron chi connectivity index (χ0n) is 9.87. The van der Waals surface area contributed by atoms with Gasteiger partial charge in [-0.1, -0.05) is 11.2 Å². The summed E-state index contributed by atoms with van der Waals surface area (Å²) in [6, 6.07) is 9.59. The monoisotopic (exact) mass is 237 g/mol. The van der Waals surface area contributed by atoms with E-state index >= 15 is 0 Å². The normalized spacial score (nSPS) is 10.5. The number of hydrogen-bond donors (Lipinski definition) is 0. The van der Waals surface area contributed by atoms with E-state index in [1.165, 1.54) is 0 Å². The highest BCUT2D eigenvalue weighted by Crippen LogP contribution is 2.23. The van der Waals surface area contributed by atoms with E-state index in [9.17, 15) is 0 Å². The second-order valence-corrected chi connectivity index (χ2v) is 4.04. The number of pyridine rings is 2. The molecule has 3 heterocycles. The molecule has 4 heteroatoms. The molecule has 0 unspecified atom stereocenters. The van der Waals surface area contributed by atoms with E-state index in [0.717, 1.165) is 22.5 Å². The Balaban J connectivity index is 1.97. The van der Waals surface area contributed by atoms with Crippen LogP contribution in [0.5, 0.6) is 0 Å². The third-order valence-corrected chi connectivity index (χ3v) is 2.63. The molecule has 0 aliphatic heterocycles. The Labute approximate surface area is 104 Å². The van der Waals surface area contributed by atoms with Crippen LogP contribution in [0.1, 0.15) is 5.56 Å². The maximum atomic E-state index is 5.30. The lowest BCUT2D eigenvalue weighted by Crippen LogP contribution is -1.81. The number of nitrogens with zero attached hydrogens (tertiary/aromatic N) is 3. The molecule has 18 heavy (non-hydrogen) atoms. The molecule has 0 aromatic carbocycles. The summed E-state index contributed by atoms with van der Waals surface area (Å²) in [4.78, 5) is 8.36. The van der Waals surface area contributed by atoms with Crippen molar-refractivity contribution in [1.29, 1.82) is 0 Å². The van der Waals surface area contributed by atoms with Gasteiger partial charge in [0.25, 0.3) is 0 Å². The van der Waals surface area contributed by atoms with Gasteiger partial charge in [0.2, 0.25) is 0 Å². The van der Waals surface area contributed by atoms with Crippen LogP contribution in [-0.2, 0) is 0 Å². The van der Waals surface area contributed by atoms with Gasteiger partial charge in [-0.2, -0.15) is 0 Å². The first-order valence-electron chi connectivity index (χ1n) is 5.63. The fourth-order valence-corrected chi connectivity index (χ4v) is 1.66. The van der Waals surface area contributed by atoms with Crippen LogP contribution < -0.4 is 0 Å². The molecule has 0 spiro atoms. The Morgan fingerprint density at radius 3 is 2.72 bits per heavy atom. The van der Waals surface area contributed by atoms with Crippen LogP contribution in [0.2, 0.25) is 0 Å².